The van der Waals surface area contributed by atoms with Crippen molar-refractivity contribution in [3.8, 4) is 0 Å². The predicted molar refractivity (Wildman–Crippen MR) is 82.2 cm³/mol. The fourth-order valence-corrected chi connectivity index (χ4v) is 2.26. The summed E-state index contributed by atoms with van der Waals surface area (Å²) in [7, 11) is 0. The first kappa shape index (κ1) is 13.3. The van der Waals surface area contributed by atoms with Crippen LogP contribution in [0.4, 0.5) is 10.1 Å². The first-order valence-corrected chi connectivity index (χ1v) is 7.05. The molecular formula is C15H15FIN. The number of anilines is 1. The Morgan fingerprint density at radius 1 is 1.11 bits per heavy atom. The van der Waals surface area contributed by atoms with Crippen LogP contribution in [0.5, 0.6) is 0 Å². The van der Waals surface area contributed by atoms with Crippen LogP contribution in [-0.4, -0.2) is 0 Å². The Morgan fingerprint density at radius 3 is 2.39 bits per heavy atom. The van der Waals surface area contributed by atoms with Crippen LogP contribution >= 0.6 is 22.6 Å². The maximum absolute atomic E-state index is 13.8. The molecule has 2 rings (SSSR count). The summed E-state index contributed by atoms with van der Waals surface area (Å²) in [4.78, 5) is 0. The number of benzene rings is 2. The Morgan fingerprint density at radius 2 is 1.78 bits per heavy atom. The second kappa shape index (κ2) is 6.18. The van der Waals surface area contributed by atoms with E-state index in [1.807, 2.05) is 36.4 Å². The van der Waals surface area contributed by atoms with Gasteiger partial charge in [0, 0.05) is 14.8 Å². The average Bonchev–Trinajstić information content (AvgIpc) is 2.39. The molecule has 0 aliphatic rings. The molecule has 94 valence electrons. The zero-order chi connectivity index (χ0) is 13.0. The van der Waals surface area contributed by atoms with Gasteiger partial charge in [0.2, 0.25) is 0 Å². The Labute approximate surface area is 121 Å². The van der Waals surface area contributed by atoms with E-state index in [1.165, 1.54) is 9.64 Å². The van der Waals surface area contributed by atoms with E-state index in [0.717, 1.165) is 17.7 Å². The zero-order valence-electron chi connectivity index (χ0n) is 10.2. The summed E-state index contributed by atoms with van der Waals surface area (Å²) < 4.78 is 14.9. The summed E-state index contributed by atoms with van der Waals surface area (Å²) >= 11 is 2.27. The van der Waals surface area contributed by atoms with Gasteiger partial charge in [-0.1, -0.05) is 25.1 Å². The minimum absolute atomic E-state index is 0.00580. The number of rotatable bonds is 4. The maximum atomic E-state index is 13.8. The number of nitrogens with one attached hydrogen (secondary N) is 1. The van der Waals surface area contributed by atoms with Crippen molar-refractivity contribution < 1.29 is 4.39 Å². The molecule has 0 aliphatic carbocycles. The molecule has 0 bridgehead atoms. The lowest BCUT2D eigenvalue weighted by Crippen LogP contribution is -2.11. The Hall–Kier alpha value is -1.10. The first-order valence-electron chi connectivity index (χ1n) is 5.97. The van der Waals surface area contributed by atoms with Gasteiger partial charge >= 0.3 is 0 Å². The lowest BCUT2D eigenvalue weighted by Gasteiger charge is -2.19. The molecule has 18 heavy (non-hydrogen) atoms. The lowest BCUT2D eigenvalue weighted by molar-refractivity contribution is 0.587. The third-order valence-corrected chi connectivity index (χ3v) is 3.59. The fourth-order valence-electron chi connectivity index (χ4n) is 1.90. The Kier molecular flexibility index (Phi) is 4.58. The van der Waals surface area contributed by atoms with E-state index in [4.69, 9.17) is 0 Å². The zero-order valence-corrected chi connectivity index (χ0v) is 12.3. The van der Waals surface area contributed by atoms with E-state index in [0.29, 0.717) is 0 Å². The molecule has 3 heteroatoms. The summed E-state index contributed by atoms with van der Waals surface area (Å²) in [5, 5.41) is 3.37. The van der Waals surface area contributed by atoms with E-state index in [-0.39, 0.29) is 11.9 Å². The van der Waals surface area contributed by atoms with Crippen molar-refractivity contribution in [2.24, 2.45) is 0 Å². The van der Waals surface area contributed by atoms with Crippen LogP contribution in [0, 0.1) is 9.39 Å². The summed E-state index contributed by atoms with van der Waals surface area (Å²) in [6, 6.07) is 15.1. The molecule has 0 radical (unpaired) electrons. The van der Waals surface area contributed by atoms with Crippen molar-refractivity contribution in [2.75, 3.05) is 5.32 Å². The first-order chi connectivity index (χ1) is 8.70. The molecule has 0 saturated heterocycles. The summed E-state index contributed by atoms with van der Waals surface area (Å²) in [5.74, 6) is -0.151. The highest BCUT2D eigenvalue weighted by Crippen LogP contribution is 2.24. The number of hydrogen-bond donors (Lipinski definition) is 1. The van der Waals surface area contributed by atoms with Crippen LogP contribution in [0.25, 0.3) is 0 Å². The van der Waals surface area contributed by atoms with Gasteiger partial charge in [-0.2, -0.15) is 0 Å². The van der Waals surface area contributed by atoms with E-state index < -0.39 is 0 Å². The van der Waals surface area contributed by atoms with Crippen LogP contribution in [-0.2, 0) is 0 Å². The minimum Gasteiger partial charge on any atom is -0.378 e. The smallest absolute Gasteiger partial charge is 0.128 e. The van der Waals surface area contributed by atoms with Gasteiger partial charge in [0.15, 0.2) is 0 Å². The molecular weight excluding hydrogens is 340 g/mol. The van der Waals surface area contributed by atoms with Gasteiger partial charge in [-0.15, -0.1) is 0 Å². The van der Waals surface area contributed by atoms with E-state index >= 15 is 0 Å². The molecule has 0 aromatic heterocycles. The second-order valence-electron chi connectivity index (χ2n) is 4.13. The molecule has 0 saturated carbocycles. The highest BCUT2D eigenvalue weighted by atomic mass is 127. The van der Waals surface area contributed by atoms with Crippen molar-refractivity contribution in [1.29, 1.82) is 0 Å². The normalized spacial score (nSPS) is 12.2. The van der Waals surface area contributed by atoms with Gasteiger partial charge in [0.1, 0.15) is 5.82 Å². The van der Waals surface area contributed by atoms with Crippen LogP contribution in [0.15, 0.2) is 48.5 Å². The second-order valence-corrected chi connectivity index (χ2v) is 5.38. The molecule has 1 unspecified atom stereocenters. The molecule has 0 spiro atoms. The minimum atomic E-state index is -0.151. The topological polar surface area (TPSA) is 12.0 Å². The van der Waals surface area contributed by atoms with Gasteiger partial charge in [-0.25, -0.2) is 4.39 Å². The highest BCUT2D eigenvalue weighted by molar-refractivity contribution is 14.1. The van der Waals surface area contributed by atoms with Crippen molar-refractivity contribution >= 4 is 28.3 Å². The van der Waals surface area contributed by atoms with Crippen molar-refractivity contribution in [1.82, 2.24) is 0 Å². The molecule has 1 N–H and O–H groups in total. The Balaban J connectivity index is 2.20. The van der Waals surface area contributed by atoms with Gasteiger partial charge in [-0.05, 0) is 59.3 Å². The predicted octanol–water partition coefficient (Wildman–Crippen LogP) is 4.99. The van der Waals surface area contributed by atoms with E-state index in [2.05, 4.69) is 34.8 Å². The summed E-state index contributed by atoms with van der Waals surface area (Å²) in [6.07, 6.45) is 0.840. The summed E-state index contributed by atoms with van der Waals surface area (Å²) in [6.45, 7) is 2.05. The van der Waals surface area contributed by atoms with Crippen LogP contribution in [0.1, 0.15) is 24.9 Å². The lowest BCUT2D eigenvalue weighted by atomic mass is 10.0. The molecule has 0 aliphatic heterocycles. The maximum Gasteiger partial charge on any atom is 0.128 e. The average molecular weight is 355 g/mol. The third kappa shape index (κ3) is 3.22. The quantitative estimate of drug-likeness (QED) is 0.762. The van der Waals surface area contributed by atoms with E-state index in [9.17, 15) is 4.39 Å². The molecule has 1 atom stereocenters. The molecule has 0 fully saturated rings. The van der Waals surface area contributed by atoms with E-state index in [1.54, 1.807) is 6.07 Å². The van der Waals surface area contributed by atoms with Crippen LogP contribution in [0.2, 0.25) is 0 Å². The van der Waals surface area contributed by atoms with Gasteiger partial charge < -0.3 is 5.32 Å². The van der Waals surface area contributed by atoms with Crippen molar-refractivity contribution in [3.05, 3.63) is 63.5 Å². The standard InChI is InChI=1S/C15H15FIN/c1-2-15(13-5-3-4-6-14(13)16)18-12-9-7-11(17)8-10-12/h3-10,15,18H,2H2,1H3. The largest absolute Gasteiger partial charge is 0.378 e. The van der Waals surface area contributed by atoms with Gasteiger partial charge in [-0.3, -0.25) is 0 Å². The third-order valence-electron chi connectivity index (χ3n) is 2.87. The molecule has 1 nitrogen and oxygen atoms in total. The highest BCUT2D eigenvalue weighted by Gasteiger charge is 2.12. The van der Waals surface area contributed by atoms with Crippen LogP contribution in [0.3, 0.4) is 0 Å². The van der Waals surface area contributed by atoms with Gasteiger partial charge in [0.05, 0.1) is 6.04 Å². The van der Waals surface area contributed by atoms with Crippen molar-refractivity contribution in [2.45, 2.75) is 19.4 Å². The summed E-state index contributed by atoms with van der Waals surface area (Å²) in [5.41, 5.74) is 1.74. The SMILES string of the molecule is CCC(Nc1ccc(I)cc1)c1ccccc1F. The Bertz CT molecular complexity index is 510. The molecule has 2 aromatic carbocycles. The fraction of sp³-hybridized carbons (Fsp3) is 0.200. The molecule has 2 aromatic rings. The van der Waals surface area contributed by atoms with Gasteiger partial charge in [0.25, 0.3) is 0 Å². The monoisotopic (exact) mass is 355 g/mol. The van der Waals surface area contributed by atoms with Crippen LogP contribution < -0.4 is 5.32 Å². The molecule has 0 heterocycles. The molecule has 0 amide bonds. The van der Waals surface area contributed by atoms with Crippen molar-refractivity contribution in [3.63, 3.8) is 0 Å². The number of halogens is 2. The number of hydrogen-bond acceptors (Lipinski definition) is 1.